The number of hydrogen-bond acceptors (Lipinski definition) is 5. The second-order valence-electron chi connectivity index (χ2n) is 6.87. The van der Waals surface area contributed by atoms with E-state index in [-0.39, 0.29) is 11.8 Å². The Morgan fingerprint density at radius 1 is 1.25 bits per heavy atom. The molecule has 28 heavy (non-hydrogen) atoms. The van der Waals surface area contributed by atoms with Gasteiger partial charge in [0, 0.05) is 24.0 Å². The summed E-state index contributed by atoms with van der Waals surface area (Å²) < 4.78 is 5.90. The summed E-state index contributed by atoms with van der Waals surface area (Å²) in [5.74, 6) is 0.891. The lowest BCUT2D eigenvalue weighted by molar-refractivity contribution is 0.0700. The number of likely N-dealkylation sites (tertiary alicyclic amines) is 1. The quantitative estimate of drug-likeness (QED) is 0.516. The van der Waals surface area contributed by atoms with E-state index >= 15 is 0 Å². The molecule has 0 bridgehead atoms. The van der Waals surface area contributed by atoms with E-state index in [1.165, 1.54) is 0 Å². The van der Waals surface area contributed by atoms with Gasteiger partial charge < -0.3 is 9.32 Å². The van der Waals surface area contributed by atoms with Gasteiger partial charge in [-0.15, -0.1) is 11.3 Å². The second-order valence-corrected chi connectivity index (χ2v) is 8.26. The van der Waals surface area contributed by atoms with Gasteiger partial charge in [-0.05, 0) is 48.6 Å². The number of carbonyl (C=O) groups is 1. The van der Waals surface area contributed by atoms with Crippen molar-refractivity contribution in [3.63, 3.8) is 0 Å². The molecule has 0 saturated carbocycles. The largest absolute Gasteiger partial charge is 0.440 e. The fourth-order valence-corrected chi connectivity index (χ4v) is 4.43. The van der Waals surface area contributed by atoms with Gasteiger partial charge in [0.25, 0.3) is 5.91 Å². The second kappa shape index (κ2) is 7.07. The van der Waals surface area contributed by atoms with E-state index in [1.807, 2.05) is 40.6 Å². The van der Waals surface area contributed by atoms with E-state index in [0.717, 1.165) is 40.4 Å². The highest BCUT2D eigenvalue weighted by Gasteiger charge is 2.28. The molecule has 0 radical (unpaired) electrons. The van der Waals surface area contributed by atoms with Crippen LogP contribution in [0.25, 0.3) is 21.7 Å². The first kappa shape index (κ1) is 17.5. The zero-order chi connectivity index (χ0) is 19.1. The van der Waals surface area contributed by atoms with Crippen molar-refractivity contribution in [3.05, 3.63) is 58.4 Å². The molecule has 5 rings (SSSR count). The highest BCUT2D eigenvalue weighted by Crippen LogP contribution is 2.31. The lowest BCUT2D eigenvalue weighted by atomic mass is 9.96. The van der Waals surface area contributed by atoms with Crippen molar-refractivity contribution < 1.29 is 9.21 Å². The number of oxazole rings is 1. The predicted octanol–water partition coefficient (Wildman–Crippen LogP) is 4.95. The zero-order valence-corrected chi connectivity index (χ0v) is 16.5. The lowest BCUT2D eigenvalue weighted by Gasteiger charge is -2.30. The van der Waals surface area contributed by atoms with Crippen LogP contribution in [0.15, 0.2) is 46.2 Å². The van der Waals surface area contributed by atoms with Gasteiger partial charge in [-0.3, -0.25) is 9.89 Å². The van der Waals surface area contributed by atoms with Crippen LogP contribution in [0.5, 0.6) is 0 Å². The number of piperidine rings is 1. The molecule has 1 fully saturated rings. The number of rotatable bonds is 3. The van der Waals surface area contributed by atoms with Crippen LogP contribution in [-0.2, 0) is 0 Å². The first-order valence-corrected chi connectivity index (χ1v) is 10.4. The minimum atomic E-state index is -0.0400. The number of carbonyl (C=O) groups excluding carboxylic acids is 1. The van der Waals surface area contributed by atoms with Gasteiger partial charge in [-0.1, -0.05) is 17.7 Å². The molecule has 8 heteroatoms. The normalized spacial score (nSPS) is 15.4. The zero-order valence-electron chi connectivity index (χ0n) is 14.9. The molecule has 142 valence electrons. The lowest BCUT2D eigenvalue weighted by Crippen LogP contribution is -2.38. The molecule has 1 amide bonds. The molecular weight excluding hydrogens is 396 g/mol. The topological polar surface area (TPSA) is 75.0 Å². The summed E-state index contributed by atoms with van der Waals surface area (Å²) >= 11 is 7.64. The van der Waals surface area contributed by atoms with Crippen molar-refractivity contribution in [3.8, 4) is 10.6 Å². The average molecular weight is 413 g/mol. The minimum Gasteiger partial charge on any atom is -0.440 e. The summed E-state index contributed by atoms with van der Waals surface area (Å²) in [5, 5.41) is 9.82. The monoisotopic (exact) mass is 412 g/mol. The van der Waals surface area contributed by atoms with Crippen LogP contribution in [0.2, 0.25) is 5.02 Å². The summed E-state index contributed by atoms with van der Waals surface area (Å²) in [7, 11) is 0. The van der Waals surface area contributed by atoms with Crippen LogP contribution in [-0.4, -0.2) is 39.1 Å². The molecule has 0 unspecified atom stereocenters. The predicted molar refractivity (Wildman–Crippen MR) is 109 cm³/mol. The molecule has 4 aromatic rings. The van der Waals surface area contributed by atoms with E-state index in [9.17, 15) is 4.79 Å². The van der Waals surface area contributed by atoms with Crippen molar-refractivity contribution in [2.75, 3.05) is 13.1 Å². The van der Waals surface area contributed by atoms with Crippen LogP contribution in [0, 0.1) is 0 Å². The third-order valence-corrected chi connectivity index (χ3v) is 6.22. The van der Waals surface area contributed by atoms with Gasteiger partial charge in [0.1, 0.15) is 5.52 Å². The Morgan fingerprint density at radius 2 is 2.11 bits per heavy atom. The third-order valence-electron chi connectivity index (χ3n) is 5.08. The number of hydrogen-bond donors (Lipinski definition) is 1. The fourth-order valence-electron chi connectivity index (χ4n) is 3.57. The maximum absolute atomic E-state index is 12.8. The summed E-state index contributed by atoms with van der Waals surface area (Å²) in [6.45, 7) is 1.31. The summed E-state index contributed by atoms with van der Waals surface area (Å²) in [6, 6.07) is 11.3. The van der Waals surface area contributed by atoms with E-state index in [2.05, 4.69) is 15.2 Å². The molecule has 0 aliphatic carbocycles. The molecule has 4 heterocycles. The first-order chi connectivity index (χ1) is 13.7. The van der Waals surface area contributed by atoms with E-state index < -0.39 is 0 Å². The minimum absolute atomic E-state index is 0.0400. The number of H-pyrrole nitrogens is 1. The molecule has 1 N–H and O–H groups in total. The van der Waals surface area contributed by atoms with Crippen LogP contribution >= 0.6 is 22.9 Å². The number of nitrogens with zero attached hydrogens (tertiary/aromatic N) is 3. The average Bonchev–Trinajstić information content (AvgIpc) is 3.46. The van der Waals surface area contributed by atoms with Gasteiger partial charge in [-0.25, -0.2) is 4.98 Å². The molecule has 6 nitrogen and oxygen atoms in total. The fraction of sp³-hybridized carbons (Fsp3) is 0.250. The number of benzene rings is 1. The smallest absolute Gasteiger partial charge is 0.274 e. The summed E-state index contributed by atoms with van der Waals surface area (Å²) in [5.41, 5.74) is 2.85. The number of aromatic amines is 1. The van der Waals surface area contributed by atoms with Crippen LogP contribution in [0.3, 0.4) is 0 Å². The van der Waals surface area contributed by atoms with Crippen LogP contribution in [0.1, 0.15) is 35.1 Å². The van der Waals surface area contributed by atoms with Crippen molar-refractivity contribution in [2.45, 2.75) is 18.8 Å². The Balaban J connectivity index is 1.26. The number of amides is 1. The number of thiophene rings is 1. The Kier molecular flexibility index (Phi) is 4.41. The van der Waals surface area contributed by atoms with Gasteiger partial charge in [0.05, 0.1) is 10.6 Å². The van der Waals surface area contributed by atoms with E-state index in [4.69, 9.17) is 16.0 Å². The molecular formula is C20H17ClN4O2S. The number of nitrogens with one attached hydrogen (secondary N) is 1. The number of halogens is 1. The molecule has 0 spiro atoms. The maximum Gasteiger partial charge on any atom is 0.274 e. The van der Waals surface area contributed by atoms with Gasteiger partial charge in [0.2, 0.25) is 0 Å². The first-order valence-electron chi connectivity index (χ1n) is 9.12. The maximum atomic E-state index is 12.8. The molecule has 1 saturated heterocycles. The molecule has 0 atom stereocenters. The highest BCUT2D eigenvalue weighted by atomic mass is 35.5. The standard InChI is InChI=1S/C20H17ClN4O2S/c21-13-3-4-17-14(10-13)22-19(27-17)12-5-7-25(8-6-12)20(26)16-11-15(23-24-16)18-2-1-9-28-18/h1-4,9-12H,5-8H2,(H,23,24). The van der Waals surface area contributed by atoms with Gasteiger partial charge in [-0.2, -0.15) is 5.10 Å². The Labute approximate surface area is 170 Å². The summed E-state index contributed by atoms with van der Waals surface area (Å²) in [6.07, 6.45) is 1.63. The van der Waals surface area contributed by atoms with Crippen molar-refractivity contribution in [2.24, 2.45) is 0 Å². The van der Waals surface area contributed by atoms with Crippen molar-refractivity contribution >= 4 is 39.9 Å². The molecule has 1 aliphatic rings. The van der Waals surface area contributed by atoms with E-state index in [1.54, 1.807) is 17.4 Å². The van der Waals surface area contributed by atoms with Crippen molar-refractivity contribution in [1.82, 2.24) is 20.1 Å². The number of fused-ring (bicyclic) bond motifs is 1. The van der Waals surface area contributed by atoms with Crippen molar-refractivity contribution in [1.29, 1.82) is 0 Å². The Morgan fingerprint density at radius 3 is 2.89 bits per heavy atom. The SMILES string of the molecule is O=C(c1cc(-c2cccs2)[nH]n1)N1CCC(c2nc3cc(Cl)ccc3o2)CC1. The van der Waals surface area contributed by atoms with Crippen LogP contribution in [0.4, 0.5) is 0 Å². The Bertz CT molecular complexity index is 1130. The van der Waals surface area contributed by atoms with Gasteiger partial charge >= 0.3 is 0 Å². The molecule has 1 aliphatic heterocycles. The van der Waals surface area contributed by atoms with Gasteiger partial charge in [0.15, 0.2) is 17.2 Å². The number of aromatic nitrogens is 3. The van der Waals surface area contributed by atoms with E-state index in [0.29, 0.717) is 23.8 Å². The summed E-state index contributed by atoms with van der Waals surface area (Å²) in [4.78, 5) is 20.3. The highest BCUT2D eigenvalue weighted by molar-refractivity contribution is 7.13. The Hall–Kier alpha value is -2.64. The molecule has 1 aromatic carbocycles. The third kappa shape index (κ3) is 3.21. The molecule has 3 aromatic heterocycles. The van der Waals surface area contributed by atoms with Crippen LogP contribution < -0.4 is 0 Å².